The Labute approximate surface area is 75.3 Å². The van der Waals surface area contributed by atoms with Crippen molar-refractivity contribution in [3.05, 3.63) is 0 Å². The van der Waals surface area contributed by atoms with Gasteiger partial charge in [-0.2, -0.15) is 0 Å². The van der Waals surface area contributed by atoms with Crippen molar-refractivity contribution in [1.82, 2.24) is 0 Å². The van der Waals surface area contributed by atoms with Crippen LogP contribution in [0.2, 0.25) is 0 Å². The molecule has 0 aromatic rings. The summed E-state index contributed by atoms with van der Waals surface area (Å²) in [6, 6.07) is 0. The van der Waals surface area contributed by atoms with Crippen LogP contribution in [-0.4, -0.2) is 19.4 Å². The average molecular weight is 198 g/mol. The zero-order chi connectivity index (χ0) is 8.74. The van der Waals surface area contributed by atoms with Crippen molar-refractivity contribution in [2.75, 3.05) is 19.4 Å². The summed E-state index contributed by atoms with van der Waals surface area (Å²) in [6.07, 6.45) is 2.05. The van der Waals surface area contributed by atoms with Gasteiger partial charge in [-0.1, -0.05) is 0 Å². The molecule has 70 valence electrons. The Morgan fingerprint density at radius 3 is 1.82 bits per heavy atom. The molecule has 0 saturated carbocycles. The van der Waals surface area contributed by atoms with Crippen molar-refractivity contribution >= 4 is 19.2 Å². The Balaban J connectivity index is 3.79. The van der Waals surface area contributed by atoms with Crippen LogP contribution >= 0.6 is 19.2 Å². The van der Waals surface area contributed by atoms with Crippen LogP contribution in [0.3, 0.4) is 0 Å². The molecule has 0 atom stereocenters. The maximum absolute atomic E-state index is 5.49. The summed E-state index contributed by atoms with van der Waals surface area (Å²) in [5.74, 6) is 0. The van der Waals surface area contributed by atoms with Crippen molar-refractivity contribution < 1.29 is 9.05 Å². The minimum absolute atomic E-state index is 0.704. The molecule has 0 aliphatic carbocycles. The summed E-state index contributed by atoms with van der Waals surface area (Å²) in [7, 11) is 0. The van der Waals surface area contributed by atoms with Crippen LogP contribution in [0.1, 0.15) is 27.2 Å². The van der Waals surface area contributed by atoms with Gasteiger partial charge in [-0.05, 0) is 0 Å². The Morgan fingerprint density at radius 2 is 1.55 bits per heavy atom. The predicted molar refractivity (Wildman–Crippen MR) is 55.7 cm³/mol. The molecule has 0 aromatic heterocycles. The third kappa shape index (κ3) is 5.02. The van der Waals surface area contributed by atoms with E-state index in [1.807, 2.05) is 13.8 Å². The topological polar surface area (TPSA) is 18.5 Å². The van der Waals surface area contributed by atoms with E-state index in [9.17, 15) is 0 Å². The third-order valence-electron chi connectivity index (χ3n) is 1.31. The van der Waals surface area contributed by atoms with Gasteiger partial charge in [0.05, 0.1) is 0 Å². The molecule has 0 spiro atoms. The normalized spacial score (nSPS) is 13.5. The molecule has 0 unspecified atom stereocenters. The van der Waals surface area contributed by atoms with E-state index in [0.717, 1.165) is 12.6 Å². The van der Waals surface area contributed by atoms with Crippen LogP contribution in [0.15, 0.2) is 0 Å². The Kier molecular flexibility index (Phi) is 6.64. The van der Waals surface area contributed by atoms with Gasteiger partial charge in [0.2, 0.25) is 0 Å². The molecule has 0 fully saturated rings. The Morgan fingerprint density at radius 1 is 1.09 bits per heavy atom. The molecule has 2 nitrogen and oxygen atoms in total. The fourth-order valence-electron chi connectivity index (χ4n) is 0.953. The van der Waals surface area contributed by atoms with Gasteiger partial charge in [0.15, 0.2) is 0 Å². The molecule has 11 heavy (non-hydrogen) atoms. The first-order chi connectivity index (χ1) is 5.18. The first kappa shape index (κ1) is 11.7. The quantitative estimate of drug-likeness (QED) is 0.522. The summed E-state index contributed by atoms with van der Waals surface area (Å²) in [5, 5.41) is 0. The molecular formula is C7H19O2PS. The SMILES string of the molecule is CCC[PH](S)(OCC)OCC. The molecular weight excluding hydrogens is 179 g/mol. The monoisotopic (exact) mass is 198 g/mol. The van der Waals surface area contributed by atoms with Gasteiger partial charge in [0, 0.05) is 0 Å². The van der Waals surface area contributed by atoms with Gasteiger partial charge in [0.1, 0.15) is 0 Å². The molecule has 0 aliphatic heterocycles. The third-order valence-corrected chi connectivity index (χ3v) is 5.36. The summed E-state index contributed by atoms with van der Waals surface area (Å²) in [6.45, 7) is 5.43. The van der Waals surface area contributed by atoms with Gasteiger partial charge >= 0.3 is 74.8 Å². The maximum atomic E-state index is 5.49. The van der Waals surface area contributed by atoms with Crippen molar-refractivity contribution in [1.29, 1.82) is 0 Å². The number of rotatable bonds is 6. The average Bonchev–Trinajstić information content (AvgIpc) is 1.88. The second-order valence-corrected chi connectivity index (χ2v) is 6.88. The zero-order valence-electron chi connectivity index (χ0n) is 7.59. The second-order valence-electron chi connectivity index (χ2n) is 2.33. The van der Waals surface area contributed by atoms with Crippen LogP contribution in [0, 0.1) is 0 Å². The van der Waals surface area contributed by atoms with Gasteiger partial charge in [0.25, 0.3) is 0 Å². The van der Waals surface area contributed by atoms with Gasteiger partial charge < -0.3 is 0 Å². The molecule has 0 N–H and O–H groups in total. The fourth-order valence-corrected chi connectivity index (χ4v) is 4.30. The minimum atomic E-state index is -2.05. The zero-order valence-corrected chi connectivity index (χ0v) is 9.49. The van der Waals surface area contributed by atoms with Crippen LogP contribution in [0.25, 0.3) is 0 Å². The molecule has 4 heteroatoms. The molecule has 0 aromatic carbocycles. The van der Waals surface area contributed by atoms with Crippen LogP contribution in [0.4, 0.5) is 0 Å². The van der Waals surface area contributed by atoms with Crippen molar-refractivity contribution in [2.24, 2.45) is 0 Å². The Bertz CT molecular complexity index is 83.4. The first-order valence-corrected chi connectivity index (χ1v) is 7.50. The van der Waals surface area contributed by atoms with E-state index in [0.29, 0.717) is 13.2 Å². The number of hydrogen-bond acceptors (Lipinski definition) is 3. The summed E-state index contributed by atoms with van der Waals surface area (Å²) in [4.78, 5) is 0. The predicted octanol–water partition coefficient (Wildman–Crippen LogP) is 2.89. The van der Waals surface area contributed by atoms with Gasteiger partial charge in [-0.25, -0.2) is 0 Å². The van der Waals surface area contributed by atoms with Crippen LogP contribution in [-0.2, 0) is 9.05 Å². The van der Waals surface area contributed by atoms with Crippen LogP contribution in [0.5, 0.6) is 0 Å². The van der Waals surface area contributed by atoms with E-state index in [1.54, 1.807) is 0 Å². The molecule has 0 aliphatic rings. The summed E-state index contributed by atoms with van der Waals surface area (Å²) in [5.41, 5.74) is 0. The fraction of sp³-hybridized carbons (Fsp3) is 1.00. The molecule has 0 bridgehead atoms. The number of thiol groups is 1. The van der Waals surface area contributed by atoms with Crippen molar-refractivity contribution in [2.45, 2.75) is 27.2 Å². The van der Waals surface area contributed by atoms with E-state index in [-0.39, 0.29) is 0 Å². The van der Waals surface area contributed by atoms with Crippen molar-refractivity contribution in [3.63, 3.8) is 0 Å². The molecule has 0 heterocycles. The molecule has 0 saturated heterocycles. The van der Waals surface area contributed by atoms with Gasteiger partial charge in [-0.3, -0.25) is 0 Å². The summed E-state index contributed by atoms with van der Waals surface area (Å²) < 4.78 is 11.0. The van der Waals surface area contributed by atoms with Gasteiger partial charge in [-0.15, -0.1) is 0 Å². The second kappa shape index (κ2) is 6.24. The molecule has 0 radical (unpaired) electrons. The van der Waals surface area contributed by atoms with E-state index >= 15 is 0 Å². The first-order valence-electron chi connectivity index (χ1n) is 4.18. The molecule has 0 rings (SSSR count). The van der Waals surface area contributed by atoms with E-state index in [2.05, 4.69) is 19.2 Å². The van der Waals surface area contributed by atoms with Crippen molar-refractivity contribution in [3.8, 4) is 0 Å². The van der Waals surface area contributed by atoms with E-state index < -0.39 is 6.92 Å². The van der Waals surface area contributed by atoms with E-state index in [4.69, 9.17) is 9.05 Å². The summed E-state index contributed by atoms with van der Waals surface area (Å²) >= 11 is 4.45. The Hall–Kier alpha value is 0.700. The van der Waals surface area contributed by atoms with E-state index in [1.165, 1.54) is 0 Å². The standard InChI is InChI=1S/C7H19O2PS/c1-4-7-10(11,8-5-2)9-6-3/h10-11H,4-7H2,1-3H3. The number of hydrogen-bond donors (Lipinski definition) is 1. The molecule has 0 amide bonds. The van der Waals surface area contributed by atoms with Crippen LogP contribution < -0.4 is 0 Å².